The Morgan fingerprint density at radius 1 is 1.05 bits per heavy atom. The molecular formula is C28H41N3O5S. The number of rotatable bonds is 14. The molecule has 0 aliphatic carbocycles. The van der Waals surface area contributed by atoms with Crippen molar-refractivity contribution in [2.45, 2.75) is 72.0 Å². The SMILES string of the molecule is CC[C@@H](C)NC(=O)[C@H](CC)N(Cc1ccccc1C)C(=O)CCCN(c1cccc(OC)c1)S(C)(=O)=O. The van der Waals surface area contributed by atoms with Gasteiger partial charge in [0.1, 0.15) is 11.8 Å². The molecule has 8 nitrogen and oxygen atoms in total. The zero-order valence-corrected chi connectivity index (χ0v) is 23.7. The van der Waals surface area contributed by atoms with Gasteiger partial charge in [-0.05, 0) is 56.4 Å². The van der Waals surface area contributed by atoms with E-state index >= 15 is 0 Å². The highest BCUT2D eigenvalue weighted by molar-refractivity contribution is 7.92. The summed E-state index contributed by atoms with van der Waals surface area (Å²) in [5.74, 6) is 0.186. The third-order valence-electron chi connectivity index (χ3n) is 6.48. The van der Waals surface area contributed by atoms with Crippen LogP contribution in [-0.2, 0) is 26.2 Å². The summed E-state index contributed by atoms with van der Waals surface area (Å²) in [6.45, 7) is 8.26. The van der Waals surface area contributed by atoms with E-state index in [0.717, 1.165) is 23.8 Å². The number of ether oxygens (including phenoxy) is 1. The first kappa shape index (κ1) is 30.2. The van der Waals surface area contributed by atoms with E-state index < -0.39 is 16.1 Å². The number of nitrogens with one attached hydrogen (secondary N) is 1. The number of amides is 2. The number of hydrogen-bond donors (Lipinski definition) is 1. The van der Waals surface area contributed by atoms with Crippen LogP contribution in [0.4, 0.5) is 5.69 Å². The number of carbonyl (C=O) groups excluding carboxylic acids is 2. The fraction of sp³-hybridized carbons (Fsp3) is 0.500. The van der Waals surface area contributed by atoms with Crippen LogP contribution in [0.2, 0.25) is 0 Å². The lowest BCUT2D eigenvalue weighted by Gasteiger charge is -2.32. The van der Waals surface area contributed by atoms with Crippen LogP contribution in [0.5, 0.6) is 5.75 Å². The summed E-state index contributed by atoms with van der Waals surface area (Å²) in [5, 5.41) is 3.01. The van der Waals surface area contributed by atoms with Gasteiger partial charge in [0.15, 0.2) is 0 Å². The van der Waals surface area contributed by atoms with Gasteiger partial charge in [-0.1, -0.05) is 44.2 Å². The van der Waals surface area contributed by atoms with Gasteiger partial charge in [0.2, 0.25) is 21.8 Å². The van der Waals surface area contributed by atoms with Gasteiger partial charge in [0.25, 0.3) is 0 Å². The van der Waals surface area contributed by atoms with Crippen molar-refractivity contribution in [3.8, 4) is 5.75 Å². The smallest absolute Gasteiger partial charge is 0.243 e. The summed E-state index contributed by atoms with van der Waals surface area (Å²) in [4.78, 5) is 28.3. The molecule has 0 saturated heterocycles. The zero-order valence-electron chi connectivity index (χ0n) is 22.9. The molecule has 37 heavy (non-hydrogen) atoms. The molecule has 0 aliphatic heterocycles. The van der Waals surface area contributed by atoms with Gasteiger partial charge in [-0.3, -0.25) is 13.9 Å². The van der Waals surface area contributed by atoms with Crippen LogP contribution in [0.15, 0.2) is 48.5 Å². The van der Waals surface area contributed by atoms with Crippen molar-refractivity contribution in [3.63, 3.8) is 0 Å². The third-order valence-corrected chi connectivity index (χ3v) is 7.68. The quantitative estimate of drug-likeness (QED) is 0.393. The molecule has 0 aliphatic rings. The highest BCUT2D eigenvalue weighted by Crippen LogP contribution is 2.24. The summed E-state index contributed by atoms with van der Waals surface area (Å²) in [6.07, 6.45) is 2.82. The maximum absolute atomic E-state index is 13.5. The van der Waals surface area contributed by atoms with Gasteiger partial charge in [-0.25, -0.2) is 8.42 Å². The van der Waals surface area contributed by atoms with Gasteiger partial charge >= 0.3 is 0 Å². The van der Waals surface area contributed by atoms with Crippen molar-refractivity contribution in [2.24, 2.45) is 0 Å². The predicted octanol–water partition coefficient (Wildman–Crippen LogP) is 4.27. The van der Waals surface area contributed by atoms with Crippen molar-refractivity contribution >= 4 is 27.5 Å². The van der Waals surface area contributed by atoms with E-state index in [1.165, 1.54) is 11.4 Å². The summed E-state index contributed by atoms with van der Waals surface area (Å²) < 4.78 is 31.6. The molecule has 2 aromatic rings. The standard InChI is InChI=1S/C28H41N3O5S/c1-7-22(4)29-28(33)26(8-2)30(20-23-14-10-9-13-21(23)3)27(32)17-12-18-31(37(6,34)35)24-15-11-16-25(19-24)36-5/h9-11,13-16,19,22,26H,7-8,12,17-18,20H2,1-6H3,(H,29,33)/t22-,26+/m1/s1. The van der Waals surface area contributed by atoms with Crippen LogP contribution < -0.4 is 14.4 Å². The highest BCUT2D eigenvalue weighted by atomic mass is 32.2. The van der Waals surface area contributed by atoms with Crippen molar-refractivity contribution in [1.29, 1.82) is 0 Å². The Morgan fingerprint density at radius 3 is 2.35 bits per heavy atom. The van der Waals surface area contributed by atoms with Crippen molar-refractivity contribution in [2.75, 3.05) is 24.2 Å². The zero-order chi connectivity index (χ0) is 27.6. The molecule has 204 valence electrons. The Kier molecular flexibility index (Phi) is 11.4. The second-order valence-electron chi connectivity index (χ2n) is 9.33. The number of sulfonamides is 1. The number of carbonyl (C=O) groups is 2. The molecule has 0 spiro atoms. The molecule has 0 saturated carbocycles. The van der Waals surface area contributed by atoms with Crippen LogP contribution in [0.3, 0.4) is 0 Å². The van der Waals surface area contributed by atoms with E-state index in [-0.39, 0.29) is 30.8 Å². The molecule has 2 amide bonds. The molecule has 9 heteroatoms. The first-order valence-corrected chi connectivity index (χ1v) is 14.6. The van der Waals surface area contributed by atoms with Crippen LogP contribution in [0, 0.1) is 6.92 Å². The average Bonchev–Trinajstić information content (AvgIpc) is 2.86. The van der Waals surface area contributed by atoms with Gasteiger partial charge < -0.3 is 15.0 Å². The van der Waals surface area contributed by atoms with Gasteiger partial charge in [-0.2, -0.15) is 0 Å². The first-order chi connectivity index (χ1) is 17.5. The number of methoxy groups -OCH3 is 1. The first-order valence-electron chi connectivity index (χ1n) is 12.8. The van der Waals surface area contributed by atoms with Gasteiger partial charge in [0.05, 0.1) is 19.1 Å². The van der Waals surface area contributed by atoms with Gasteiger partial charge in [0, 0.05) is 31.6 Å². The van der Waals surface area contributed by atoms with Crippen LogP contribution >= 0.6 is 0 Å². The maximum Gasteiger partial charge on any atom is 0.243 e. The summed E-state index contributed by atoms with van der Waals surface area (Å²) >= 11 is 0. The molecule has 2 atom stereocenters. The van der Waals surface area contributed by atoms with Crippen LogP contribution in [-0.4, -0.2) is 57.1 Å². The number of nitrogens with zero attached hydrogens (tertiary/aromatic N) is 2. The van der Waals surface area contributed by atoms with E-state index in [2.05, 4.69) is 5.32 Å². The van der Waals surface area contributed by atoms with Crippen molar-refractivity contribution in [1.82, 2.24) is 10.2 Å². The Hall–Kier alpha value is -3.07. The Bertz CT molecular complexity index is 1150. The van der Waals surface area contributed by atoms with Gasteiger partial charge in [-0.15, -0.1) is 0 Å². The van der Waals surface area contributed by atoms with Crippen molar-refractivity contribution in [3.05, 3.63) is 59.7 Å². The summed E-state index contributed by atoms with van der Waals surface area (Å²) in [5.41, 5.74) is 2.49. The van der Waals surface area contributed by atoms with E-state index in [4.69, 9.17) is 4.74 Å². The number of anilines is 1. The third kappa shape index (κ3) is 8.77. The second kappa shape index (κ2) is 14.0. The monoisotopic (exact) mass is 531 g/mol. The van der Waals surface area contributed by atoms with E-state index in [1.807, 2.05) is 52.0 Å². The number of aryl methyl sites for hydroxylation is 1. The lowest BCUT2D eigenvalue weighted by molar-refractivity contribution is -0.141. The Balaban J connectivity index is 2.24. The Morgan fingerprint density at radius 2 is 1.76 bits per heavy atom. The lowest BCUT2D eigenvalue weighted by atomic mass is 10.0. The summed E-state index contributed by atoms with van der Waals surface area (Å²) in [6, 6.07) is 14.0. The minimum absolute atomic E-state index is 0.00291. The number of benzene rings is 2. The second-order valence-corrected chi connectivity index (χ2v) is 11.2. The van der Waals surface area contributed by atoms with Crippen molar-refractivity contribution < 1.29 is 22.7 Å². The van der Waals surface area contributed by atoms with E-state index in [9.17, 15) is 18.0 Å². The van der Waals surface area contributed by atoms with Crippen LogP contribution in [0.25, 0.3) is 0 Å². The minimum Gasteiger partial charge on any atom is -0.497 e. The minimum atomic E-state index is -3.58. The lowest BCUT2D eigenvalue weighted by Crippen LogP contribution is -2.50. The van der Waals surface area contributed by atoms with E-state index in [1.54, 1.807) is 29.2 Å². The molecule has 0 unspecified atom stereocenters. The highest BCUT2D eigenvalue weighted by Gasteiger charge is 2.29. The normalized spacial score (nSPS) is 12.9. The molecule has 0 fully saturated rings. The molecule has 0 bridgehead atoms. The summed E-state index contributed by atoms with van der Waals surface area (Å²) in [7, 11) is -2.06. The largest absolute Gasteiger partial charge is 0.497 e. The molecular weight excluding hydrogens is 490 g/mol. The fourth-order valence-corrected chi connectivity index (χ4v) is 5.06. The topological polar surface area (TPSA) is 96.0 Å². The predicted molar refractivity (Wildman–Crippen MR) is 148 cm³/mol. The molecule has 1 N–H and O–H groups in total. The number of hydrogen-bond acceptors (Lipinski definition) is 5. The maximum atomic E-state index is 13.5. The molecule has 0 radical (unpaired) electrons. The molecule has 2 aromatic carbocycles. The fourth-order valence-electron chi connectivity index (χ4n) is 4.10. The Labute approximate surface area is 222 Å². The molecule has 0 heterocycles. The molecule has 2 rings (SSSR count). The molecule has 0 aromatic heterocycles. The van der Waals surface area contributed by atoms with E-state index in [0.29, 0.717) is 30.8 Å². The average molecular weight is 532 g/mol. The van der Waals surface area contributed by atoms with Crippen LogP contribution in [0.1, 0.15) is 57.6 Å².